The van der Waals surface area contributed by atoms with E-state index in [2.05, 4.69) is 35.3 Å². The maximum Gasteiger partial charge on any atom is 0.431 e. The van der Waals surface area contributed by atoms with Crippen molar-refractivity contribution in [2.45, 2.75) is 39.2 Å². The van der Waals surface area contributed by atoms with E-state index in [1.165, 1.54) is 19.1 Å². The molecular formula is C29H35F4N7O3. The van der Waals surface area contributed by atoms with E-state index in [9.17, 15) is 27.9 Å². The van der Waals surface area contributed by atoms with Crippen molar-refractivity contribution in [1.82, 2.24) is 24.3 Å². The van der Waals surface area contributed by atoms with Gasteiger partial charge in [-0.1, -0.05) is 33.4 Å². The Morgan fingerprint density at radius 2 is 1.79 bits per heavy atom. The molecule has 2 saturated heterocycles. The number of likely N-dealkylation sites (N-methyl/N-ethyl adjacent to an activating group) is 1. The maximum atomic E-state index is 15.4. The van der Waals surface area contributed by atoms with E-state index in [1.54, 1.807) is 9.80 Å². The zero-order valence-electron chi connectivity index (χ0n) is 24.3. The summed E-state index contributed by atoms with van der Waals surface area (Å²) in [5.41, 5.74) is -3.75. The van der Waals surface area contributed by atoms with Crippen LogP contribution in [0.25, 0.3) is 16.6 Å². The van der Waals surface area contributed by atoms with Crippen LogP contribution < -0.4 is 15.4 Å². The molecule has 14 heteroatoms. The summed E-state index contributed by atoms with van der Waals surface area (Å²) in [6, 6.07) is 0.974. The molecule has 0 aromatic carbocycles. The first kappa shape index (κ1) is 30.5. The zero-order valence-corrected chi connectivity index (χ0v) is 24.3. The van der Waals surface area contributed by atoms with Crippen LogP contribution >= 0.6 is 0 Å². The van der Waals surface area contributed by atoms with Crippen molar-refractivity contribution < 1.29 is 27.5 Å². The van der Waals surface area contributed by atoms with Gasteiger partial charge in [0.15, 0.2) is 6.17 Å². The van der Waals surface area contributed by atoms with Gasteiger partial charge in [-0.05, 0) is 31.3 Å². The monoisotopic (exact) mass is 605 g/mol. The molecule has 4 heterocycles. The summed E-state index contributed by atoms with van der Waals surface area (Å²) in [6.07, 6.45) is -3.52. The molecule has 3 aliphatic rings. The number of hydrogen-bond acceptors (Lipinski definition) is 8. The van der Waals surface area contributed by atoms with Gasteiger partial charge in [0.05, 0.1) is 5.39 Å². The molecular weight excluding hydrogens is 570 g/mol. The molecule has 10 nitrogen and oxygen atoms in total. The first-order valence-corrected chi connectivity index (χ1v) is 14.4. The van der Waals surface area contributed by atoms with Crippen LogP contribution in [0.15, 0.2) is 41.4 Å². The lowest BCUT2D eigenvalue weighted by molar-refractivity contribution is -0.142. The number of aliphatic hydroxyl groups is 1. The van der Waals surface area contributed by atoms with Crippen LogP contribution in [0.2, 0.25) is 0 Å². The van der Waals surface area contributed by atoms with Crippen LogP contribution in [0.1, 0.15) is 26.5 Å². The van der Waals surface area contributed by atoms with Crippen molar-refractivity contribution in [2.24, 2.45) is 5.92 Å². The van der Waals surface area contributed by atoms with Gasteiger partial charge in [-0.25, -0.2) is 9.37 Å². The number of nitrogens with zero attached hydrogens (tertiary/aromatic N) is 7. The zero-order chi connectivity index (χ0) is 31.2. The van der Waals surface area contributed by atoms with E-state index in [0.717, 1.165) is 25.2 Å². The Morgan fingerprint density at radius 1 is 1.14 bits per heavy atom. The van der Waals surface area contributed by atoms with Gasteiger partial charge in [-0.2, -0.15) is 18.2 Å². The first-order chi connectivity index (χ1) is 20.4. The van der Waals surface area contributed by atoms with Gasteiger partial charge in [-0.3, -0.25) is 19.1 Å². The predicted octanol–water partition coefficient (Wildman–Crippen LogP) is 3.45. The summed E-state index contributed by atoms with van der Waals surface area (Å²) < 4.78 is 59.2. The molecule has 2 atom stereocenters. The normalized spacial score (nSPS) is 21.6. The van der Waals surface area contributed by atoms with Gasteiger partial charge in [0.1, 0.15) is 28.5 Å². The smallest absolute Gasteiger partial charge is 0.431 e. The fourth-order valence-electron chi connectivity index (χ4n) is 5.90. The Bertz CT molecular complexity index is 1540. The molecule has 1 N–H and O–H groups in total. The van der Waals surface area contributed by atoms with E-state index in [1.807, 2.05) is 4.90 Å². The summed E-state index contributed by atoms with van der Waals surface area (Å²) in [4.78, 5) is 42.7. The average molecular weight is 606 g/mol. The summed E-state index contributed by atoms with van der Waals surface area (Å²) in [5, 5.41) is 10.4. The minimum atomic E-state index is -5.08. The van der Waals surface area contributed by atoms with Crippen molar-refractivity contribution in [3.05, 3.63) is 52.7 Å². The lowest BCUT2D eigenvalue weighted by Gasteiger charge is -2.45. The highest BCUT2D eigenvalue weighted by atomic mass is 19.4. The molecule has 1 aliphatic carbocycles. The van der Waals surface area contributed by atoms with E-state index >= 15 is 4.39 Å². The summed E-state index contributed by atoms with van der Waals surface area (Å²) in [6.45, 7) is 12.9. The van der Waals surface area contributed by atoms with Gasteiger partial charge >= 0.3 is 6.18 Å². The van der Waals surface area contributed by atoms with Crippen LogP contribution in [0.5, 0.6) is 0 Å². The molecule has 5 rings (SSSR count). The Kier molecular flexibility index (Phi) is 8.25. The number of anilines is 2. The summed E-state index contributed by atoms with van der Waals surface area (Å²) in [5.74, 6) is -1.61. The van der Waals surface area contributed by atoms with E-state index in [0.29, 0.717) is 13.1 Å². The number of aliphatic hydroxyl groups excluding tert-OH is 1. The molecule has 2 aromatic rings. The van der Waals surface area contributed by atoms with E-state index in [-0.39, 0.29) is 65.4 Å². The molecule has 2 aliphatic heterocycles. The molecule has 0 spiro atoms. The highest BCUT2D eigenvalue weighted by Gasteiger charge is 2.41. The number of amides is 1. The Balaban J connectivity index is 1.69. The van der Waals surface area contributed by atoms with Crippen molar-refractivity contribution in [3.8, 4) is 0 Å². The Labute approximate surface area is 246 Å². The van der Waals surface area contributed by atoms with E-state index in [4.69, 9.17) is 0 Å². The van der Waals surface area contributed by atoms with Crippen LogP contribution in [0.4, 0.5) is 29.3 Å². The molecule has 2 aromatic heterocycles. The second-order valence-electron chi connectivity index (χ2n) is 11.0. The topological polar surface area (TPSA) is 98.0 Å². The molecule has 2 fully saturated rings. The standard InChI is InChI=1S/C29H35F4N7O3/c1-5-22(42)37-10-12-38(13-11-37)26-19-14-21(29(31,32)33)40(25-20(41)9-8-17(4)23(25)30)27(43)24(19)34-28(35-26)39-15-18(16-39)36(6-2)7-3/h5,8-9,14,17-18,23,41H,1,6-7,10-13,15-16H2,2-4H3. The fraction of sp³-hybridized carbons (Fsp3) is 0.517. The third-order valence-electron chi connectivity index (χ3n) is 8.45. The third-order valence-corrected chi connectivity index (χ3v) is 8.45. The SMILES string of the molecule is C=CC(=O)N1CCN(c2nc(N3CC(N(CC)CC)C3)nc3c(=O)n(C4=C(O)C=CC(C)C4F)c(C(F)(F)F)cc23)CC1. The third kappa shape index (κ3) is 5.48. The average Bonchev–Trinajstić information content (AvgIpc) is 2.96. The number of carbonyl (C=O) groups is 1. The first-order valence-electron chi connectivity index (χ1n) is 14.4. The van der Waals surface area contributed by atoms with Gasteiger partial charge < -0.3 is 19.8 Å². The number of rotatable bonds is 7. The molecule has 0 radical (unpaired) electrons. The predicted molar refractivity (Wildman–Crippen MR) is 156 cm³/mol. The van der Waals surface area contributed by atoms with Crippen LogP contribution in [-0.4, -0.2) is 99.9 Å². The number of fused-ring (bicyclic) bond motifs is 1. The number of alkyl halides is 4. The van der Waals surface area contributed by atoms with Gasteiger partial charge in [0.2, 0.25) is 11.9 Å². The number of piperazine rings is 1. The van der Waals surface area contributed by atoms with E-state index < -0.39 is 41.0 Å². The molecule has 0 bridgehead atoms. The number of hydrogen-bond donors (Lipinski definition) is 1. The number of pyridine rings is 1. The minimum Gasteiger partial charge on any atom is -0.506 e. The summed E-state index contributed by atoms with van der Waals surface area (Å²) >= 11 is 0. The fourth-order valence-corrected chi connectivity index (χ4v) is 5.90. The van der Waals surface area contributed by atoms with Crippen molar-refractivity contribution in [2.75, 3.05) is 62.2 Å². The lowest BCUT2D eigenvalue weighted by Crippen LogP contribution is -2.60. The number of allylic oxidation sites excluding steroid dienone is 3. The van der Waals surface area contributed by atoms with Crippen molar-refractivity contribution in [1.29, 1.82) is 0 Å². The maximum absolute atomic E-state index is 15.4. The number of carbonyl (C=O) groups excluding carboxylic acids is 1. The second-order valence-corrected chi connectivity index (χ2v) is 11.0. The highest BCUT2D eigenvalue weighted by molar-refractivity contribution is 5.92. The Morgan fingerprint density at radius 3 is 2.37 bits per heavy atom. The van der Waals surface area contributed by atoms with Crippen LogP contribution in [0.3, 0.4) is 0 Å². The lowest BCUT2D eigenvalue weighted by atomic mass is 9.96. The highest BCUT2D eigenvalue weighted by Crippen LogP contribution is 2.38. The van der Waals surface area contributed by atoms with Crippen LogP contribution in [0, 0.1) is 5.92 Å². The largest absolute Gasteiger partial charge is 0.506 e. The quantitative estimate of drug-likeness (QED) is 0.379. The van der Waals surface area contributed by atoms with Crippen LogP contribution in [-0.2, 0) is 11.0 Å². The number of halogens is 4. The second kappa shape index (κ2) is 11.6. The molecule has 2 unspecified atom stereocenters. The molecule has 43 heavy (non-hydrogen) atoms. The minimum absolute atomic E-state index is 0.124. The summed E-state index contributed by atoms with van der Waals surface area (Å²) in [7, 11) is 0. The molecule has 1 amide bonds. The Hall–Kier alpha value is -3.94. The van der Waals surface area contributed by atoms with Gasteiger partial charge in [0.25, 0.3) is 5.56 Å². The van der Waals surface area contributed by atoms with Crippen molar-refractivity contribution in [3.63, 3.8) is 0 Å². The van der Waals surface area contributed by atoms with Gasteiger partial charge in [0, 0.05) is 51.2 Å². The molecule has 0 saturated carbocycles. The van der Waals surface area contributed by atoms with Crippen molar-refractivity contribution >= 4 is 34.3 Å². The molecule has 232 valence electrons. The van der Waals surface area contributed by atoms with Gasteiger partial charge in [-0.15, -0.1) is 0 Å². The number of aromatic nitrogens is 3.